The van der Waals surface area contributed by atoms with Crippen LogP contribution in [0.2, 0.25) is 0 Å². The van der Waals surface area contributed by atoms with Gasteiger partial charge in [-0.25, -0.2) is 0 Å². The highest BCUT2D eigenvalue weighted by Crippen LogP contribution is 2.16. The SMILES string of the molecule is CCCCOc1ccc2ccccc2[n+]1Cc1ccccc1. The van der Waals surface area contributed by atoms with Gasteiger partial charge in [-0.15, -0.1) is 0 Å². The zero-order valence-electron chi connectivity index (χ0n) is 13.0. The van der Waals surface area contributed by atoms with E-state index in [9.17, 15) is 0 Å². The van der Waals surface area contributed by atoms with Crippen LogP contribution in [0.4, 0.5) is 0 Å². The Bertz CT molecular complexity index is 737. The Morgan fingerprint density at radius 2 is 1.64 bits per heavy atom. The molecule has 22 heavy (non-hydrogen) atoms. The Kier molecular flexibility index (Phi) is 4.69. The average Bonchev–Trinajstić information content (AvgIpc) is 2.58. The number of hydrogen-bond donors (Lipinski definition) is 0. The van der Waals surface area contributed by atoms with E-state index in [2.05, 4.69) is 78.2 Å². The van der Waals surface area contributed by atoms with E-state index >= 15 is 0 Å². The molecule has 2 nitrogen and oxygen atoms in total. The smallest absolute Gasteiger partial charge is 0.368 e. The zero-order valence-corrected chi connectivity index (χ0v) is 13.0. The molecule has 1 heterocycles. The van der Waals surface area contributed by atoms with E-state index in [-0.39, 0.29) is 0 Å². The van der Waals surface area contributed by atoms with Gasteiger partial charge in [-0.3, -0.25) is 0 Å². The van der Waals surface area contributed by atoms with E-state index < -0.39 is 0 Å². The highest BCUT2D eigenvalue weighted by atomic mass is 16.5. The summed E-state index contributed by atoms with van der Waals surface area (Å²) in [5.41, 5.74) is 2.49. The molecule has 0 unspecified atom stereocenters. The molecule has 0 fully saturated rings. The normalized spacial score (nSPS) is 10.8. The number of fused-ring (bicyclic) bond motifs is 1. The monoisotopic (exact) mass is 292 g/mol. The second-order valence-electron chi connectivity index (χ2n) is 5.50. The molecule has 0 amide bonds. The van der Waals surface area contributed by atoms with Crippen molar-refractivity contribution in [2.45, 2.75) is 26.3 Å². The Morgan fingerprint density at radius 1 is 0.864 bits per heavy atom. The number of para-hydroxylation sites is 1. The summed E-state index contributed by atoms with van der Waals surface area (Å²) in [5.74, 6) is 0.941. The first-order valence-corrected chi connectivity index (χ1v) is 7.97. The lowest BCUT2D eigenvalue weighted by Gasteiger charge is -2.08. The summed E-state index contributed by atoms with van der Waals surface area (Å²) >= 11 is 0. The minimum atomic E-state index is 0.767. The van der Waals surface area contributed by atoms with Gasteiger partial charge in [0.05, 0.1) is 12.7 Å². The van der Waals surface area contributed by atoms with Gasteiger partial charge in [0.25, 0.3) is 0 Å². The van der Waals surface area contributed by atoms with Gasteiger partial charge in [-0.2, -0.15) is 4.57 Å². The fourth-order valence-corrected chi connectivity index (χ4v) is 2.62. The predicted octanol–water partition coefficient (Wildman–Crippen LogP) is 4.35. The van der Waals surface area contributed by atoms with Gasteiger partial charge in [0.2, 0.25) is 5.52 Å². The third-order valence-electron chi connectivity index (χ3n) is 3.83. The Morgan fingerprint density at radius 3 is 2.45 bits per heavy atom. The molecule has 2 aromatic carbocycles. The second-order valence-corrected chi connectivity index (χ2v) is 5.50. The third-order valence-corrected chi connectivity index (χ3v) is 3.83. The van der Waals surface area contributed by atoms with Crippen LogP contribution in [0, 0.1) is 0 Å². The molecule has 0 atom stereocenters. The number of pyridine rings is 1. The third kappa shape index (κ3) is 3.28. The van der Waals surface area contributed by atoms with Crippen LogP contribution >= 0.6 is 0 Å². The standard InChI is InChI=1S/C20H22NO/c1-2-3-15-22-20-14-13-18-11-7-8-12-19(18)21(20)16-17-9-5-4-6-10-17/h4-14H,2-3,15-16H2,1H3/q+1. The molecule has 1 aromatic heterocycles. The Labute approximate surface area is 132 Å². The summed E-state index contributed by atoms with van der Waals surface area (Å²) in [6, 6.07) is 23.2. The summed E-state index contributed by atoms with van der Waals surface area (Å²) in [7, 11) is 0. The van der Waals surface area contributed by atoms with E-state index in [1.54, 1.807) is 0 Å². The highest BCUT2D eigenvalue weighted by molar-refractivity contribution is 5.75. The molecule has 112 valence electrons. The topological polar surface area (TPSA) is 13.1 Å². The molecule has 0 radical (unpaired) electrons. The van der Waals surface area contributed by atoms with Gasteiger partial charge in [0, 0.05) is 17.0 Å². The van der Waals surface area contributed by atoms with Crippen LogP contribution in [0.15, 0.2) is 66.7 Å². The van der Waals surface area contributed by atoms with Crippen LogP contribution < -0.4 is 9.30 Å². The molecular formula is C20H22NO+. The summed E-state index contributed by atoms with van der Waals surface area (Å²) in [6.07, 6.45) is 2.23. The summed E-state index contributed by atoms with van der Waals surface area (Å²) in [6.45, 7) is 3.77. The molecule has 0 N–H and O–H groups in total. The number of benzene rings is 2. The van der Waals surface area contributed by atoms with E-state index in [1.165, 1.54) is 16.5 Å². The van der Waals surface area contributed by atoms with E-state index in [0.717, 1.165) is 31.9 Å². The van der Waals surface area contributed by atoms with Crippen molar-refractivity contribution in [1.82, 2.24) is 0 Å². The lowest BCUT2D eigenvalue weighted by Crippen LogP contribution is -2.37. The highest BCUT2D eigenvalue weighted by Gasteiger charge is 2.17. The van der Waals surface area contributed by atoms with Gasteiger partial charge in [-0.05, 0) is 18.6 Å². The Hall–Kier alpha value is -2.35. The molecule has 0 spiro atoms. The van der Waals surface area contributed by atoms with Gasteiger partial charge in [0.15, 0.2) is 6.54 Å². The summed E-state index contributed by atoms with van der Waals surface area (Å²) in [4.78, 5) is 0. The number of ether oxygens (including phenoxy) is 1. The quantitative estimate of drug-likeness (QED) is 0.486. The molecule has 0 saturated heterocycles. The average molecular weight is 292 g/mol. The molecule has 3 rings (SSSR count). The van der Waals surface area contributed by atoms with Crippen LogP contribution in [0.3, 0.4) is 0 Å². The van der Waals surface area contributed by atoms with Crippen molar-refractivity contribution in [3.8, 4) is 5.88 Å². The summed E-state index contributed by atoms with van der Waals surface area (Å²) in [5, 5.41) is 1.24. The van der Waals surface area contributed by atoms with Crippen molar-refractivity contribution in [2.24, 2.45) is 0 Å². The van der Waals surface area contributed by atoms with Crippen LogP contribution in [-0.2, 0) is 6.54 Å². The second kappa shape index (κ2) is 7.08. The largest absolute Gasteiger partial charge is 0.444 e. The maximum absolute atomic E-state index is 6.02. The van der Waals surface area contributed by atoms with Crippen molar-refractivity contribution in [2.75, 3.05) is 6.61 Å². The first-order valence-electron chi connectivity index (χ1n) is 7.97. The molecule has 0 aliphatic carbocycles. The molecule has 0 saturated carbocycles. The molecule has 2 heteroatoms. The Balaban J connectivity index is 2.00. The predicted molar refractivity (Wildman–Crippen MR) is 90.1 cm³/mol. The maximum Gasteiger partial charge on any atom is 0.368 e. The fraction of sp³-hybridized carbons (Fsp3) is 0.250. The minimum Gasteiger partial charge on any atom is -0.444 e. The van der Waals surface area contributed by atoms with Crippen LogP contribution in [0.5, 0.6) is 5.88 Å². The van der Waals surface area contributed by atoms with Crippen molar-refractivity contribution in [1.29, 1.82) is 0 Å². The van der Waals surface area contributed by atoms with Crippen LogP contribution in [0.1, 0.15) is 25.3 Å². The van der Waals surface area contributed by atoms with E-state index in [1.807, 2.05) is 0 Å². The van der Waals surface area contributed by atoms with E-state index in [4.69, 9.17) is 4.74 Å². The van der Waals surface area contributed by atoms with Crippen molar-refractivity contribution >= 4 is 10.9 Å². The van der Waals surface area contributed by atoms with Crippen LogP contribution in [0.25, 0.3) is 10.9 Å². The lowest BCUT2D eigenvalue weighted by atomic mass is 10.2. The number of rotatable bonds is 6. The lowest BCUT2D eigenvalue weighted by molar-refractivity contribution is -0.668. The molecule has 3 aromatic rings. The fourth-order valence-electron chi connectivity index (χ4n) is 2.62. The van der Waals surface area contributed by atoms with Gasteiger partial charge >= 0.3 is 5.88 Å². The van der Waals surface area contributed by atoms with Crippen molar-refractivity contribution in [3.05, 3.63) is 72.3 Å². The molecular weight excluding hydrogens is 270 g/mol. The number of unbranched alkanes of at least 4 members (excludes halogenated alkanes) is 1. The first kappa shape index (κ1) is 14.6. The molecule has 0 bridgehead atoms. The van der Waals surface area contributed by atoms with Gasteiger partial charge in [0.1, 0.15) is 0 Å². The number of nitrogens with zero attached hydrogens (tertiary/aromatic N) is 1. The molecule has 0 aliphatic rings. The van der Waals surface area contributed by atoms with Crippen LogP contribution in [-0.4, -0.2) is 6.61 Å². The minimum absolute atomic E-state index is 0.767. The van der Waals surface area contributed by atoms with Crippen molar-refractivity contribution < 1.29 is 9.30 Å². The van der Waals surface area contributed by atoms with E-state index in [0.29, 0.717) is 0 Å². The number of hydrogen-bond acceptors (Lipinski definition) is 1. The van der Waals surface area contributed by atoms with Gasteiger partial charge in [-0.1, -0.05) is 55.8 Å². The number of aromatic nitrogens is 1. The summed E-state index contributed by atoms with van der Waals surface area (Å²) < 4.78 is 8.29. The van der Waals surface area contributed by atoms with Gasteiger partial charge < -0.3 is 4.74 Å². The van der Waals surface area contributed by atoms with Crippen molar-refractivity contribution in [3.63, 3.8) is 0 Å². The zero-order chi connectivity index (χ0) is 15.2. The first-order chi connectivity index (χ1) is 10.9. The molecule has 0 aliphatic heterocycles. The maximum atomic E-state index is 6.02.